The quantitative estimate of drug-likeness (QED) is 0.244. The highest BCUT2D eigenvalue weighted by Gasteiger charge is 2.33. The molecule has 40 heavy (non-hydrogen) atoms. The fourth-order valence-corrected chi connectivity index (χ4v) is 5.47. The first-order valence-electron chi connectivity index (χ1n) is 13.0. The van der Waals surface area contributed by atoms with E-state index in [9.17, 15) is 28.1 Å². The second-order valence-electron chi connectivity index (χ2n) is 9.42. The Morgan fingerprint density at radius 3 is 2.17 bits per heavy atom. The number of non-ortho nitro benzene ring substituents is 1. The van der Waals surface area contributed by atoms with E-state index in [1.807, 2.05) is 44.2 Å². The molecule has 3 rings (SSSR count). The Morgan fingerprint density at radius 1 is 0.950 bits per heavy atom. The maximum Gasteiger partial charge on any atom is 0.271 e. The maximum atomic E-state index is 13.9. The number of benzene rings is 3. The number of nitro benzene ring substituents is 1. The molecule has 3 aromatic rings. The zero-order chi connectivity index (χ0) is 29.3. The summed E-state index contributed by atoms with van der Waals surface area (Å²) in [4.78, 5) is 39.0. The summed E-state index contributed by atoms with van der Waals surface area (Å²) in [5, 5.41) is 14.3. The van der Waals surface area contributed by atoms with Gasteiger partial charge in [0.2, 0.25) is 11.8 Å². The molecule has 0 aromatic heterocycles. The molecule has 2 amide bonds. The van der Waals surface area contributed by atoms with E-state index < -0.39 is 33.4 Å². The molecule has 0 unspecified atom stereocenters. The third kappa shape index (κ3) is 7.66. The van der Waals surface area contributed by atoms with Gasteiger partial charge in [0.1, 0.15) is 12.6 Å². The van der Waals surface area contributed by atoms with Crippen LogP contribution in [0.5, 0.6) is 0 Å². The van der Waals surface area contributed by atoms with Crippen LogP contribution in [-0.2, 0) is 26.0 Å². The zero-order valence-corrected chi connectivity index (χ0v) is 23.6. The zero-order valence-electron chi connectivity index (χ0n) is 22.8. The van der Waals surface area contributed by atoms with Gasteiger partial charge in [0.25, 0.3) is 15.7 Å². The van der Waals surface area contributed by atoms with E-state index in [2.05, 4.69) is 5.32 Å². The lowest BCUT2D eigenvalue weighted by Gasteiger charge is -2.32. The largest absolute Gasteiger partial charge is 0.352 e. The summed E-state index contributed by atoms with van der Waals surface area (Å²) in [6, 6.07) is 21.1. The van der Waals surface area contributed by atoms with Gasteiger partial charge in [-0.2, -0.15) is 0 Å². The lowest BCUT2D eigenvalue weighted by molar-refractivity contribution is -0.384. The van der Waals surface area contributed by atoms with Gasteiger partial charge in [-0.15, -0.1) is 0 Å². The van der Waals surface area contributed by atoms with E-state index in [-0.39, 0.29) is 34.8 Å². The van der Waals surface area contributed by atoms with Crippen molar-refractivity contribution in [3.63, 3.8) is 0 Å². The summed E-state index contributed by atoms with van der Waals surface area (Å²) in [6.45, 7) is 4.89. The summed E-state index contributed by atoms with van der Waals surface area (Å²) in [6.07, 6.45) is 1.14. The van der Waals surface area contributed by atoms with Gasteiger partial charge in [-0.25, -0.2) is 8.42 Å². The van der Waals surface area contributed by atoms with Crippen LogP contribution in [0.25, 0.3) is 0 Å². The number of rotatable bonds is 13. The third-order valence-electron chi connectivity index (χ3n) is 6.59. The number of hydrogen-bond donors (Lipinski definition) is 1. The molecule has 3 aromatic carbocycles. The normalized spacial score (nSPS) is 12.7. The van der Waals surface area contributed by atoms with Gasteiger partial charge in [0.15, 0.2) is 0 Å². The van der Waals surface area contributed by atoms with E-state index in [0.717, 1.165) is 15.9 Å². The Kier molecular flexibility index (Phi) is 10.4. The minimum atomic E-state index is -4.30. The van der Waals surface area contributed by atoms with Crippen LogP contribution in [0.2, 0.25) is 0 Å². The second-order valence-corrected chi connectivity index (χ2v) is 11.3. The minimum Gasteiger partial charge on any atom is -0.352 e. The molecule has 0 aliphatic rings. The van der Waals surface area contributed by atoms with Crippen LogP contribution in [0.1, 0.15) is 32.8 Å². The predicted molar refractivity (Wildman–Crippen MR) is 153 cm³/mol. The van der Waals surface area contributed by atoms with Crippen molar-refractivity contribution in [3.05, 3.63) is 101 Å². The second kappa shape index (κ2) is 13.7. The first-order chi connectivity index (χ1) is 19.0. The van der Waals surface area contributed by atoms with E-state index in [4.69, 9.17) is 0 Å². The van der Waals surface area contributed by atoms with Crippen molar-refractivity contribution >= 4 is 33.2 Å². The number of nitrogens with zero attached hydrogens (tertiary/aromatic N) is 3. The predicted octanol–water partition coefficient (Wildman–Crippen LogP) is 4.16. The molecule has 0 bridgehead atoms. The average molecular weight is 567 g/mol. The first-order valence-corrected chi connectivity index (χ1v) is 14.4. The van der Waals surface area contributed by atoms with Gasteiger partial charge in [0.05, 0.1) is 15.5 Å². The molecule has 0 saturated heterocycles. The summed E-state index contributed by atoms with van der Waals surface area (Å²) in [5.74, 6) is -0.975. The van der Waals surface area contributed by atoms with Crippen LogP contribution in [-0.4, -0.2) is 55.2 Å². The molecule has 0 heterocycles. The lowest BCUT2D eigenvalue weighted by atomic mass is 10.1. The average Bonchev–Trinajstić information content (AvgIpc) is 2.96. The van der Waals surface area contributed by atoms with Crippen molar-refractivity contribution in [1.82, 2.24) is 10.2 Å². The van der Waals surface area contributed by atoms with Gasteiger partial charge < -0.3 is 10.2 Å². The molecule has 212 valence electrons. The molecule has 2 atom stereocenters. The molecule has 1 N–H and O–H groups in total. The molecule has 0 spiro atoms. The van der Waals surface area contributed by atoms with Crippen LogP contribution in [0.3, 0.4) is 0 Å². The van der Waals surface area contributed by atoms with Crippen LogP contribution in [0.15, 0.2) is 89.8 Å². The molecule has 0 saturated carbocycles. The number of hydrogen-bond acceptors (Lipinski definition) is 6. The maximum absolute atomic E-state index is 13.9. The van der Waals surface area contributed by atoms with E-state index in [1.54, 1.807) is 25.1 Å². The molecule has 11 heteroatoms. The van der Waals surface area contributed by atoms with Crippen molar-refractivity contribution in [2.24, 2.45) is 0 Å². The fourth-order valence-electron chi connectivity index (χ4n) is 4.05. The number of nitrogens with one attached hydrogen (secondary N) is 1. The van der Waals surface area contributed by atoms with Gasteiger partial charge in [-0.1, -0.05) is 61.5 Å². The van der Waals surface area contributed by atoms with Crippen molar-refractivity contribution in [3.8, 4) is 0 Å². The molecule has 0 fully saturated rings. The van der Waals surface area contributed by atoms with Crippen molar-refractivity contribution in [2.75, 3.05) is 17.4 Å². The van der Waals surface area contributed by atoms with Crippen LogP contribution < -0.4 is 9.62 Å². The monoisotopic (exact) mass is 566 g/mol. The lowest BCUT2D eigenvalue weighted by Crippen LogP contribution is -2.53. The van der Waals surface area contributed by atoms with E-state index in [1.165, 1.54) is 35.2 Å². The van der Waals surface area contributed by atoms with E-state index in [0.29, 0.717) is 12.8 Å². The first kappa shape index (κ1) is 30.3. The van der Waals surface area contributed by atoms with Gasteiger partial charge in [-0.3, -0.25) is 24.0 Å². The summed E-state index contributed by atoms with van der Waals surface area (Å²) in [7, 11) is -4.30. The molecule has 10 nitrogen and oxygen atoms in total. The highest BCUT2D eigenvalue weighted by molar-refractivity contribution is 7.92. The van der Waals surface area contributed by atoms with Crippen LogP contribution in [0.4, 0.5) is 11.4 Å². The molecular formula is C29H34N4O6S. The standard InChI is InChI=1S/C29H34N4O6S/c1-4-22(2)30-29(35)23(3)31(19-18-24-12-7-5-8-13-24)28(34)21-32(25-14-11-15-26(20-25)33(36)37)40(38,39)27-16-9-6-10-17-27/h5-17,20,22-23H,4,18-19,21H2,1-3H3,(H,30,35)/t22-,23+/m1/s1. The van der Waals surface area contributed by atoms with Crippen molar-refractivity contribution < 1.29 is 22.9 Å². The topological polar surface area (TPSA) is 130 Å². The number of amides is 2. The van der Waals surface area contributed by atoms with Crippen LogP contribution >= 0.6 is 0 Å². The Morgan fingerprint density at radius 2 is 1.57 bits per heavy atom. The minimum absolute atomic E-state index is 0.0360. The Hall–Kier alpha value is -4.25. The number of carbonyl (C=O) groups is 2. The number of anilines is 1. The fraction of sp³-hybridized carbons (Fsp3) is 0.310. The molecule has 0 aliphatic heterocycles. The SMILES string of the molecule is CC[C@@H](C)NC(=O)[C@H](C)N(CCc1ccccc1)C(=O)CN(c1cccc([N+](=O)[O-])c1)S(=O)(=O)c1ccccc1. The Bertz CT molecular complexity index is 1420. The number of carbonyl (C=O) groups excluding carboxylic acids is 2. The van der Waals surface area contributed by atoms with Crippen molar-refractivity contribution in [2.45, 2.75) is 50.6 Å². The highest BCUT2D eigenvalue weighted by atomic mass is 32.2. The molecule has 0 aliphatic carbocycles. The van der Waals surface area contributed by atoms with Crippen LogP contribution in [0, 0.1) is 10.1 Å². The smallest absolute Gasteiger partial charge is 0.271 e. The highest BCUT2D eigenvalue weighted by Crippen LogP contribution is 2.27. The van der Waals surface area contributed by atoms with Gasteiger partial charge in [-0.05, 0) is 50.5 Å². The number of sulfonamides is 1. The molecular weight excluding hydrogens is 532 g/mol. The summed E-state index contributed by atoms with van der Waals surface area (Å²) in [5.41, 5.74) is 0.592. The molecule has 0 radical (unpaired) electrons. The Labute approximate surface area is 234 Å². The number of nitro groups is 1. The third-order valence-corrected chi connectivity index (χ3v) is 8.38. The van der Waals surface area contributed by atoms with Gasteiger partial charge >= 0.3 is 0 Å². The summed E-state index contributed by atoms with van der Waals surface area (Å²) >= 11 is 0. The summed E-state index contributed by atoms with van der Waals surface area (Å²) < 4.78 is 28.3. The van der Waals surface area contributed by atoms with Gasteiger partial charge in [0, 0.05) is 24.7 Å². The Balaban J connectivity index is 2.00. The van der Waals surface area contributed by atoms with Crippen molar-refractivity contribution in [1.29, 1.82) is 0 Å². The van der Waals surface area contributed by atoms with E-state index >= 15 is 0 Å².